The van der Waals surface area contributed by atoms with Gasteiger partial charge in [-0.1, -0.05) is 0 Å². The molecule has 0 amide bonds. The third kappa shape index (κ3) is 4.11. The molecule has 188 valence electrons. The van der Waals surface area contributed by atoms with E-state index in [2.05, 4.69) is 25.4 Å². The molecule has 0 saturated carbocycles. The predicted octanol–water partition coefficient (Wildman–Crippen LogP) is 1.83. The van der Waals surface area contributed by atoms with Gasteiger partial charge in [0.15, 0.2) is 35.0 Å². The minimum Gasteiger partial charge on any atom is -0.462 e. The molecule has 0 bridgehead atoms. The fourth-order valence-electron chi connectivity index (χ4n) is 3.85. The summed E-state index contributed by atoms with van der Waals surface area (Å²) >= 11 is 0. The smallest absolute Gasteiger partial charge is 0.407 e. The van der Waals surface area contributed by atoms with Crippen LogP contribution in [0.5, 0.6) is 0 Å². The van der Waals surface area contributed by atoms with Crippen molar-refractivity contribution < 1.29 is 36.7 Å². The maximum Gasteiger partial charge on any atom is 0.407 e. The molecule has 2 fully saturated rings. The number of nitrogens with two attached hydrogens (primary N) is 1. The van der Waals surface area contributed by atoms with Crippen molar-refractivity contribution in [1.29, 1.82) is 0 Å². The van der Waals surface area contributed by atoms with E-state index in [4.69, 9.17) is 24.3 Å². The fourth-order valence-corrected chi connectivity index (χ4v) is 5.61. The molecule has 2 aliphatic heterocycles. The average molecular weight is 505 g/mol. The molecule has 4 heterocycles. The maximum absolute atomic E-state index is 16.1. The van der Waals surface area contributed by atoms with Crippen molar-refractivity contribution in [1.82, 2.24) is 24.6 Å². The van der Waals surface area contributed by atoms with Crippen LogP contribution in [0.2, 0.25) is 0 Å². The lowest BCUT2D eigenvalue weighted by molar-refractivity contribution is -0.214. The Hall–Kier alpha value is -2.45. The average Bonchev–Trinajstić information content (AvgIpc) is 3.24. The molecule has 0 aromatic carbocycles. The van der Waals surface area contributed by atoms with Gasteiger partial charge in [0, 0.05) is 7.05 Å². The molecule has 0 aliphatic carbocycles. The molecule has 2 aliphatic rings. The van der Waals surface area contributed by atoms with Crippen LogP contribution in [0, 0.1) is 0 Å². The first-order chi connectivity index (χ1) is 15.8. The van der Waals surface area contributed by atoms with Crippen LogP contribution in [0.3, 0.4) is 0 Å². The van der Waals surface area contributed by atoms with E-state index in [1.165, 1.54) is 13.3 Å². The molecular weight excluding hydrogens is 479 g/mol. The van der Waals surface area contributed by atoms with Crippen LogP contribution in [0.1, 0.15) is 33.9 Å². The highest BCUT2D eigenvalue weighted by Gasteiger charge is 2.70. The Kier molecular flexibility index (Phi) is 6.05. The van der Waals surface area contributed by atoms with Crippen LogP contribution < -0.4 is 16.1 Å². The van der Waals surface area contributed by atoms with Gasteiger partial charge in [0.25, 0.3) is 5.85 Å². The number of alkyl halides is 2. The number of aromatic nitrogens is 4. The number of halogens is 2. The summed E-state index contributed by atoms with van der Waals surface area (Å²) in [6.07, 6.45) is -2.84. The summed E-state index contributed by atoms with van der Waals surface area (Å²) in [5.74, 6) is -3.38. The van der Waals surface area contributed by atoms with E-state index >= 15 is 8.78 Å². The number of anilines is 2. The molecule has 4 rings (SSSR count). The number of esters is 1. The normalized spacial score (nSPS) is 34.2. The van der Waals surface area contributed by atoms with Crippen molar-refractivity contribution in [2.75, 3.05) is 24.7 Å². The number of rotatable bonds is 6. The van der Waals surface area contributed by atoms with Gasteiger partial charge < -0.3 is 20.5 Å². The van der Waals surface area contributed by atoms with Gasteiger partial charge in [-0.15, -0.1) is 0 Å². The van der Waals surface area contributed by atoms with Crippen molar-refractivity contribution >= 4 is 36.6 Å². The number of nitrogens with zero attached hydrogens (tertiary/aromatic N) is 4. The first-order valence-corrected chi connectivity index (χ1v) is 12.0. The molecule has 4 N–H and O–H groups in total. The van der Waals surface area contributed by atoms with Crippen LogP contribution in [-0.2, 0) is 27.9 Å². The van der Waals surface area contributed by atoms with Gasteiger partial charge in [0.05, 0.1) is 12.4 Å². The maximum atomic E-state index is 16.1. The van der Waals surface area contributed by atoms with Crippen LogP contribution in [-0.4, -0.2) is 68.9 Å². The molecular formula is C18H26F2N7O6P. The first kappa shape index (κ1) is 24.7. The van der Waals surface area contributed by atoms with Crippen LogP contribution in [0.15, 0.2) is 6.33 Å². The minimum absolute atomic E-state index is 0.0836. The van der Waals surface area contributed by atoms with Crippen LogP contribution in [0.4, 0.5) is 20.5 Å². The Morgan fingerprint density at radius 1 is 1.38 bits per heavy atom. The van der Waals surface area contributed by atoms with Gasteiger partial charge in [-0.3, -0.25) is 18.4 Å². The lowest BCUT2D eigenvalue weighted by Crippen LogP contribution is -2.52. The number of imidazole rings is 1. The third-order valence-corrected chi connectivity index (χ3v) is 7.02. The molecule has 13 nitrogen and oxygen atoms in total. The molecule has 2 saturated heterocycles. The molecule has 0 spiro atoms. The zero-order chi connectivity index (χ0) is 25.1. The van der Waals surface area contributed by atoms with Gasteiger partial charge >= 0.3 is 13.7 Å². The number of nitrogen functional groups attached to an aromatic ring is 1. The highest BCUT2D eigenvalue weighted by Crippen LogP contribution is 2.61. The largest absolute Gasteiger partial charge is 0.462 e. The monoisotopic (exact) mass is 505 g/mol. The summed E-state index contributed by atoms with van der Waals surface area (Å²) in [7, 11) is -2.74. The Labute approximate surface area is 193 Å². The minimum atomic E-state index is -4.32. The number of hydrogen-bond acceptors (Lipinski definition) is 11. The van der Waals surface area contributed by atoms with Crippen molar-refractivity contribution in [3.8, 4) is 0 Å². The predicted molar refractivity (Wildman–Crippen MR) is 115 cm³/mol. The second-order valence-corrected chi connectivity index (χ2v) is 10.2. The van der Waals surface area contributed by atoms with E-state index in [1.807, 2.05) is 0 Å². The number of ether oxygens (including phenoxy) is 2. The number of carbonyl (C=O) groups excluding carboxylic acids is 1. The summed E-state index contributed by atoms with van der Waals surface area (Å²) in [6.45, 7) is 4.75. The van der Waals surface area contributed by atoms with Crippen LogP contribution >= 0.6 is 7.75 Å². The molecule has 34 heavy (non-hydrogen) atoms. The number of hydrogen-bond donors (Lipinski definition) is 3. The van der Waals surface area contributed by atoms with E-state index in [9.17, 15) is 9.36 Å². The standard InChI is InChI=1S/C18H26F2N7O6P/c1-8(2)31-13(28)9(3)26-34(29)30-6-18(20)14(33-34)17(4,19)15(32-18)27-7-23-10-11(22-5)24-16(21)25-12(10)27/h7-9,14-15H,6H2,1-5H3,(H,26,29)(H3,21,22,24,25)/t9-,14-,15+,17+,18+,34?/m0/s1. The van der Waals surface area contributed by atoms with Crippen molar-refractivity contribution in [3.05, 3.63) is 6.33 Å². The topological polar surface area (TPSA) is 165 Å². The number of fused-ring (bicyclic) bond motifs is 2. The third-order valence-electron chi connectivity index (χ3n) is 5.36. The fraction of sp³-hybridized carbons (Fsp3) is 0.667. The highest BCUT2D eigenvalue weighted by atomic mass is 31.2. The van der Waals surface area contributed by atoms with Gasteiger partial charge in [0.1, 0.15) is 12.6 Å². The highest BCUT2D eigenvalue weighted by molar-refractivity contribution is 7.51. The lowest BCUT2D eigenvalue weighted by atomic mass is 9.97. The Morgan fingerprint density at radius 3 is 2.74 bits per heavy atom. The number of carbonyl (C=O) groups is 1. The van der Waals surface area contributed by atoms with E-state index in [-0.39, 0.29) is 22.9 Å². The second-order valence-electron chi connectivity index (χ2n) is 8.50. The van der Waals surface area contributed by atoms with E-state index < -0.39 is 56.3 Å². The zero-order valence-corrected chi connectivity index (χ0v) is 20.0. The van der Waals surface area contributed by atoms with Gasteiger partial charge in [-0.05, 0) is 27.7 Å². The zero-order valence-electron chi connectivity index (χ0n) is 19.1. The van der Waals surface area contributed by atoms with E-state index in [0.717, 1.165) is 11.5 Å². The Bertz CT molecular complexity index is 1160. The summed E-state index contributed by atoms with van der Waals surface area (Å²) < 4.78 is 66.9. The number of nitrogens with one attached hydrogen (secondary N) is 2. The summed E-state index contributed by atoms with van der Waals surface area (Å²) in [6, 6.07) is -1.14. The Morgan fingerprint density at radius 2 is 2.09 bits per heavy atom. The lowest BCUT2D eigenvalue weighted by Gasteiger charge is -2.37. The van der Waals surface area contributed by atoms with Crippen molar-refractivity contribution in [2.24, 2.45) is 0 Å². The van der Waals surface area contributed by atoms with Gasteiger partial charge in [0.2, 0.25) is 5.95 Å². The molecule has 0 radical (unpaired) electrons. The molecule has 2 aromatic rings. The Balaban J connectivity index is 1.63. The summed E-state index contributed by atoms with van der Waals surface area (Å²) in [5.41, 5.74) is 3.49. The van der Waals surface area contributed by atoms with Gasteiger partial charge in [-0.25, -0.2) is 23.4 Å². The quantitative estimate of drug-likeness (QED) is 0.386. The molecule has 2 aromatic heterocycles. The first-order valence-electron chi connectivity index (χ1n) is 10.4. The van der Waals surface area contributed by atoms with E-state index in [1.54, 1.807) is 20.9 Å². The molecule has 16 heteroatoms. The molecule has 6 atom stereocenters. The second kappa shape index (κ2) is 8.34. The van der Waals surface area contributed by atoms with Crippen molar-refractivity contribution in [2.45, 2.75) is 63.7 Å². The van der Waals surface area contributed by atoms with Crippen LogP contribution in [0.25, 0.3) is 11.2 Å². The molecule has 1 unspecified atom stereocenters. The SMILES string of the molecule is CNc1nc(N)nc2c1ncn2[C@@H]1O[C@]2(F)COP(=O)(N[C@@H](C)C(=O)OC(C)C)O[C@H]2[C@@]1(C)F. The van der Waals surface area contributed by atoms with E-state index in [0.29, 0.717) is 0 Å². The summed E-state index contributed by atoms with van der Waals surface area (Å²) in [4.78, 5) is 24.3. The summed E-state index contributed by atoms with van der Waals surface area (Å²) in [5, 5.41) is 5.15. The van der Waals surface area contributed by atoms with Crippen molar-refractivity contribution in [3.63, 3.8) is 0 Å². The van der Waals surface area contributed by atoms with Gasteiger partial charge in [-0.2, -0.15) is 9.97 Å².